The Balaban J connectivity index is 2.80. The van der Waals surface area contributed by atoms with Gasteiger partial charge in [0, 0.05) is 11.1 Å². The first-order valence-electron chi connectivity index (χ1n) is 4.77. The van der Waals surface area contributed by atoms with Gasteiger partial charge in [-0.3, -0.25) is 4.98 Å². The van der Waals surface area contributed by atoms with Gasteiger partial charge in [-0.25, -0.2) is 4.79 Å². The number of pyridine rings is 1. The van der Waals surface area contributed by atoms with Gasteiger partial charge >= 0.3 is 5.97 Å². The third-order valence-corrected chi connectivity index (χ3v) is 2.68. The number of hydrogen-bond donors (Lipinski definition) is 0. The fourth-order valence-corrected chi connectivity index (χ4v) is 1.77. The van der Waals surface area contributed by atoms with Crippen LogP contribution in [-0.2, 0) is 4.74 Å². The van der Waals surface area contributed by atoms with E-state index in [1.807, 2.05) is 19.1 Å². The Morgan fingerprint density at radius 1 is 1.31 bits per heavy atom. The summed E-state index contributed by atoms with van der Waals surface area (Å²) in [7, 11) is 1.35. The molecule has 3 nitrogen and oxygen atoms in total. The smallest absolute Gasteiger partial charge is 0.340 e. The number of ether oxygens (including phenoxy) is 1. The summed E-state index contributed by atoms with van der Waals surface area (Å²) in [6.45, 7) is 1.86. The third-order valence-electron chi connectivity index (χ3n) is 2.35. The molecular formula is C12H10ClNO2. The van der Waals surface area contributed by atoms with E-state index in [4.69, 9.17) is 16.3 Å². The van der Waals surface area contributed by atoms with Crippen molar-refractivity contribution >= 4 is 28.5 Å². The molecule has 0 aliphatic rings. The number of fused-ring (bicyclic) bond motifs is 1. The van der Waals surface area contributed by atoms with Gasteiger partial charge in [0.05, 0.1) is 23.2 Å². The molecule has 0 atom stereocenters. The Hall–Kier alpha value is -1.61. The van der Waals surface area contributed by atoms with E-state index in [2.05, 4.69) is 4.98 Å². The topological polar surface area (TPSA) is 39.2 Å². The van der Waals surface area contributed by atoms with Crippen molar-refractivity contribution in [2.45, 2.75) is 6.92 Å². The monoisotopic (exact) mass is 235 g/mol. The molecular weight excluding hydrogens is 226 g/mol. The molecule has 0 N–H and O–H groups in total. The molecule has 2 rings (SSSR count). The molecule has 0 unspecified atom stereocenters. The van der Waals surface area contributed by atoms with Crippen LogP contribution in [0, 0.1) is 6.92 Å². The highest BCUT2D eigenvalue weighted by molar-refractivity contribution is 6.35. The molecule has 16 heavy (non-hydrogen) atoms. The van der Waals surface area contributed by atoms with Gasteiger partial charge in [-0.05, 0) is 31.2 Å². The lowest BCUT2D eigenvalue weighted by atomic mass is 10.1. The first-order chi connectivity index (χ1) is 7.63. The highest BCUT2D eigenvalue weighted by Crippen LogP contribution is 2.25. The van der Waals surface area contributed by atoms with Gasteiger partial charge in [0.15, 0.2) is 0 Å². The SMILES string of the molecule is COC(=O)c1ccc(Cl)c2ccc(C)nc12. The lowest BCUT2D eigenvalue weighted by Gasteiger charge is -2.06. The molecule has 0 aliphatic carbocycles. The highest BCUT2D eigenvalue weighted by Gasteiger charge is 2.13. The fraction of sp³-hybridized carbons (Fsp3) is 0.167. The molecule has 0 aliphatic heterocycles. The largest absolute Gasteiger partial charge is 0.465 e. The number of carbonyl (C=O) groups excluding carboxylic acids is 1. The summed E-state index contributed by atoms with van der Waals surface area (Å²) in [6.07, 6.45) is 0. The summed E-state index contributed by atoms with van der Waals surface area (Å²) >= 11 is 6.04. The second-order valence-corrected chi connectivity index (χ2v) is 3.84. The third kappa shape index (κ3) is 1.74. The van der Waals surface area contributed by atoms with E-state index in [9.17, 15) is 4.79 Å². The predicted molar refractivity (Wildman–Crippen MR) is 62.8 cm³/mol. The van der Waals surface area contributed by atoms with E-state index >= 15 is 0 Å². The summed E-state index contributed by atoms with van der Waals surface area (Å²) in [5.74, 6) is -0.403. The van der Waals surface area contributed by atoms with Crippen LogP contribution < -0.4 is 0 Å². The fourth-order valence-electron chi connectivity index (χ4n) is 1.55. The minimum atomic E-state index is -0.403. The second kappa shape index (κ2) is 4.10. The van der Waals surface area contributed by atoms with Gasteiger partial charge in [-0.2, -0.15) is 0 Å². The Morgan fingerprint density at radius 3 is 2.75 bits per heavy atom. The summed E-state index contributed by atoms with van der Waals surface area (Å²) in [4.78, 5) is 15.9. The van der Waals surface area contributed by atoms with Crippen molar-refractivity contribution in [1.82, 2.24) is 4.98 Å². The lowest BCUT2D eigenvalue weighted by molar-refractivity contribution is 0.0603. The maximum Gasteiger partial charge on any atom is 0.340 e. The van der Waals surface area contributed by atoms with Gasteiger partial charge in [0.2, 0.25) is 0 Å². The molecule has 0 spiro atoms. The summed E-state index contributed by atoms with van der Waals surface area (Å²) in [6, 6.07) is 7.01. The summed E-state index contributed by atoms with van der Waals surface area (Å²) in [5.41, 5.74) is 1.85. The van der Waals surface area contributed by atoms with Crippen molar-refractivity contribution in [3.63, 3.8) is 0 Å². The average molecular weight is 236 g/mol. The number of benzene rings is 1. The predicted octanol–water partition coefficient (Wildman–Crippen LogP) is 2.98. The van der Waals surface area contributed by atoms with Crippen LogP contribution >= 0.6 is 11.6 Å². The van der Waals surface area contributed by atoms with Gasteiger partial charge in [-0.15, -0.1) is 0 Å². The zero-order valence-corrected chi connectivity index (χ0v) is 9.71. The average Bonchev–Trinajstić information content (AvgIpc) is 2.28. The zero-order valence-electron chi connectivity index (χ0n) is 8.95. The van der Waals surface area contributed by atoms with E-state index in [1.54, 1.807) is 12.1 Å². The Bertz CT molecular complexity index is 566. The van der Waals surface area contributed by atoms with Crippen LogP contribution in [0.25, 0.3) is 10.9 Å². The molecule has 0 saturated heterocycles. The van der Waals surface area contributed by atoms with E-state index in [-0.39, 0.29) is 0 Å². The van der Waals surface area contributed by atoms with Crippen molar-refractivity contribution in [1.29, 1.82) is 0 Å². The van der Waals surface area contributed by atoms with Crippen LogP contribution in [0.15, 0.2) is 24.3 Å². The van der Waals surface area contributed by atoms with Gasteiger partial charge in [0.1, 0.15) is 0 Å². The number of nitrogens with zero attached hydrogens (tertiary/aromatic N) is 1. The number of rotatable bonds is 1. The van der Waals surface area contributed by atoms with Crippen molar-refractivity contribution in [3.05, 3.63) is 40.5 Å². The van der Waals surface area contributed by atoms with E-state index in [0.717, 1.165) is 11.1 Å². The molecule has 0 radical (unpaired) electrons. The summed E-state index contributed by atoms with van der Waals surface area (Å²) < 4.78 is 4.70. The van der Waals surface area contributed by atoms with E-state index in [1.165, 1.54) is 7.11 Å². The maximum atomic E-state index is 11.5. The van der Waals surface area contributed by atoms with Crippen LogP contribution in [-0.4, -0.2) is 18.1 Å². The van der Waals surface area contributed by atoms with Crippen LogP contribution in [0.4, 0.5) is 0 Å². The molecule has 4 heteroatoms. The van der Waals surface area contributed by atoms with E-state index in [0.29, 0.717) is 16.1 Å². The van der Waals surface area contributed by atoms with Crippen LogP contribution in [0.5, 0.6) is 0 Å². The minimum absolute atomic E-state index is 0.403. The van der Waals surface area contributed by atoms with Gasteiger partial charge in [-0.1, -0.05) is 11.6 Å². The molecule has 2 aromatic rings. The number of esters is 1. The Kier molecular flexibility index (Phi) is 2.79. The van der Waals surface area contributed by atoms with Crippen LogP contribution in [0.3, 0.4) is 0 Å². The number of aryl methyl sites for hydroxylation is 1. The van der Waals surface area contributed by atoms with Crippen LogP contribution in [0.1, 0.15) is 16.1 Å². The van der Waals surface area contributed by atoms with Crippen molar-refractivity contribution < 1.29 is 9.53 Å². The number of halogens is 1. The first-order valence-corrected chi connectivity index (χ1v) is 5.15. The molecule has 0 bridgehead atoms. The number of aromatic nitrogens is 1. The second-order valence-electron chi connectivity index (χ2n) is 3.44. The van der Waals surface area contributed by atoms with Crippen LogP contribution in [0.2, 0.25) is 5.02 Å². The molecule has 0 saturated carbocycles. The number of methoxy groups -OCH3 is 1. The Morgan fingerprint density at radius 2 is 2.06 bits per heavy atom. The molecule has 0 fully saturated rings. The van der Waals surface area contributed by atoms with E-state index < -0.39 is 5.97 Å². The highest BCUT2D eigenvalue weighted by atomic mass is 35.5. The van der Waals surface area contributed by atoms with Gasteiger partial charge in [0.25, 0.3) is 0 Å². The van der Waals surface area contributed by atoms with Gasteiger partial charge < -0.3 is 4.74 Å². The normalized spacial score (nSPS) is 10.4. The lowest BCUT2D eigenvalue weighted by Crippen LogP contribution is -2.03. The van der Waals surface area contributed by atoms with Crippen molar-refractivity contribution in [3.8, 4) is 0 Å². The first kappa shape index (κ1) is 10.9. The summed E-state index contributed by atoms with van der Waals surface area (Å²) in [5, 5.41) is 1.34. The molecule has 82 valence electrons. The molecule has 1 heterocycles. The Labute approximate surface area is 98.0 Å². The van der Waals surface area contributed by atoms with Crippen molar-refractivity contribution in [2.24, 2.45) is 0 Å². The maximum absolute atomic E-state index is 11.5. The molecule has 0 amide bonds. The minimum Gasteiger partial charge on any atom is -0.465 e. The molecule has 1 aromatic heterocycles. The quantitative estimate of drug-likeness (QED) is 0.714. The molecule has 1 aromatic carbocycles. The number of carbonyl (C=O) groups is 1. The zero-order chi connectivity index (χ0) is 11.7. The number of hydrogen-bond acceptors (Lipinski definition) is 3. The standard InChI is InChI=1S/C12H10ClNO2/c1-7-3-4-8-10(13)6-5-9(11(8)14-7)12(15)16-2/h3-6H,1-2H3. The van der Waals surface area contributed by atoms with Crippen molar-refractivity contribution in [2.75, 3.05) is 7.11 Å².